The Bertz CT molecular complexity index is 615. The maximum absolute atomic E-state index is 12.5. The molecular formula is C15H16N4O2. The zero-order valence-electron chi connectivity index (χ0n) is 11.8. The van der Waals surface area contributed by atoms with Crippen molar-refractivity contribution in [2.75, 3.05) is 19.7 Å². The van der Waals surface area contributed by atoms with Crippen LogP contribution in [-0.2, 0) is 4.74 Å². The summed E-state index contributed by atoms with van der Waals surface area (Å²) in [6.07, 6.45) is 6.31. The number of amides is 1. The molecule has 1 atom stereocenters. The van der Waals surface area contributed by atoms with Crippen LogP contribution >= 0.6 is 0 Å². The Kier molecular flexibility index (Phi) is 3.87. The van der Waals surface area contributed by atoms with E-state index in [2.05, 4.69) is 15.0 Å². The molecule has 0 spiro atoms. The smallest absolute Gasteiger partial charge is 0.255 e. The number of hydrogen-bond donors (Lipinski definition) is 0. The highest BCUT2D eigenvalue weighted by molar-refractivity contribution is 5.94. The Labute approximate surface area is 122 Å². The van der Waals surface area contributed by atoms with E-state index in [4.69, 9.17) is 4.74 Å². The molecule has 0 unspecified atom stereocenters. The summed E-state index contributed by atoms with van der Waals surface area (Å²) in [5, 5.41) is 0. The van der Waals surface area contributed by atoms with E-state index >= 15 is 0 Å². The monoisotopic (exact) mass is 284 g/mol. The molecule has 108 valence electrons. The van der Waals surface area contributed by atoms with Crippen molar-refractivity contribution in [2.24, 2.45) is 0 Å². The lowest BCUT2D eigenvalue weighted by molar-refractivity contribution is -0.0249. The molecule has 6 heteroatoms. The SMILES string of the molecule is Cc1ccc(C(=O)N2CCO[C@@H](c3cnccn3)C2)cn1. The fourth-order valence-electron chi connectivity index (χ4n) is 2.27. The van der Waals surface area contributed by atoms with Gasteiger partial charge in [0, 0.05) is 30.8 Å². The molecule has 1 amide bonds. The minimum atomic E-state index is -0.227. The summed E-state index contributed by atoms with van der Waals surface area (Å²) in [5.41, 5.74) is 2.24. The van der Waals surface area contributed by atoms with Crippen LogP contribution in [0.5, 0.6) is 0 Å². The number of morpholine rings is 1. The van der Waals surface area contributed by atoms with Crippen molar-refractivity contribution in [1.29, 1.82) is 0 Å². The summed E-state index contributed by atoms with van der Waals surface area (Å²) in [5.74, 6) is -0.0281. The van der Waals surface area contributed by atoms with Crippen molar-refractivity contribution in [3.8, 4) is 0 Å². The first-order chi connectivity index (χ1) is 10.2. The average Bonchev–Trinajstić information content (AvgIpc) is 2.56. The van der Waals surface area contributed by atoms with Gasteiger partial charge < -0.3 is 9.64 Å². The lowest BCUT2D eigenvalue weighted by Gasteiger charge is -2.32. The van der Waals surface area contributed by atoms with E-state index in [0.29, 0.717) is 25.3 Å². The topological polar surface area (TPSA) is 68.2 Å². The average molecular weight is 284 g/mol. The molecule has 3 rings (SSSR count). The third kappa shape index (κ3) is 3.05. The summed E-state index contributed by atoms with van der Waals surface area (Å²) in [6.45, 7) is 3.44. The molecular weight excluding hydrogens is 268 g/mol. The van der Waals surface area contributed by atoms with Gasteiger partial charge in [-0.1, -0.05) is 0 Å². The van der Waals surface area contributed by atoms with E-state index in [1.54, 1.807) is 35.8 Å². The van der Waals surface area contributed by atoms with Crippen LogP contribution in [0.25, 0.3) is 0 Å². The normalized spacial score (nSPS) is 18.5. The van der Waals surface area contributed by atoms with E-state index in [1.165, 1.54) is 0 Å². The number of aromatic nitrogens is 3. The first-order valence-corrected chi connectivity index (χ1v) is 6.83. The van der Waals surface area contributed by atoms with Crippen molar-refractivity contribution in [1.82, 2.24) is 19.9 Å². The summed E-state index contributed by atoms with van der Waals surface area (Å²) >= 11 is 0. The van der Waals surface area contributed by atoms with Gasteiger partial charge in [0.15, 0.2) is 0 Å². The van der Waals surface area contributed by atoms with E-state index in [-0.39, 0.29) is 12.0 Å². The zero-order chi connectivity index (χ0) is 14.7. The first-order valence-electron chi connectivity index (χ1n) is 6.83. The fraction of sp³-hybridized carbons (Fsp3) is 0.333. The lowest BCUT2D eigenvalue weighted by atomic mass is 10.1. The third-order valence-corrected chi connectivity index (χ3v) is 3.43. The molecule has 3 heterocycles. The van der Waals surface area contributed by atoms with Crippen LogP contribution in [-0.4, -0.2) is 45.5 Å². The summed E-state index contributed by atoms with van der Waals surface area (Å²) in [7, 11) is 0. The Morgan fingerprint density at radius 2 is 2.19 bits per heavy atom. The van der Waals surface area contributed by atoms with Gasteiger partial charge in [-0.15, -0.1) is 0 Å². The Balaban J connectivity index is 1.74. The Hall–Kier alpha value is -2.34. The summed E-state index contributed by atoms with van der Waals surface area (Å²) in [6, 6.07) is 3.64. The van der Waals surface area contributed by atoms with E-state index in [9.17, 15) is 4.79 Å². The number of carbonyl (C=O) groups is 1. The van der Waals surface area contributed by atoms with Crippen LogP contribution in [0.15, 0.2) is 36.9 Å². The van der Waals surface area contributed by atoms with Gasteiger partial charge in [0.05, 0.1) is 30.6 Å². The maximum atomic E-state index is 12.5. The first kappa shape index (κ1) is 13.6. The van der Waals surface area contributed by atoms with Crippen LogP contribution in [0, 0.1) is 6.92 Å². The summed E-state index contributed by atoms with van der Waals surface area (Å²) < 4.78 is 5.69. The van der Waals surface area contributed by atoms with Gasteiger partial charge in [-0.2, -0.15) is 0 Å². The molecule has 1 fully saturated rings. The van der Waals surface area contributed by atoms with Gasteiger partial charge >= 0.3 is 0 Å². The summed E-state index contributed by atoms with van der Waals surface area (Å²) in [4.78, 5) is 26.7. The van der Waals surface area contributed by atoms with Crippen LogP contribution in [0.1, 0.15) is 27.8 Å². The number of nitrogens with zero attached hydrogens (tertiary/aromatic N) is 4. The molecule has 6 nitrogen and oxygen atoms in total. The predicted octanol–water partition coefficient (Wildman–Crippen LogP) is 1.39. The molecule has 2 aromatic heterocycles. The highest BCUT2D eigenvalue weighted by Gasteiger charge is 2.27. The van der Waals surface area contributed by atoms with Gasteiger partial charge in [0.25, 0.3) is 5.91 Å². The second-order valence-electron chi connectivity index (χ2n) is 4.93. The van der Waals surface area contributed by atoms with Gasteiger partial charge in [0.1, 0.15) is 6.10 Å². The highest BCUT2D eigenvalue weighted by atomic mass is 16.5. The highest BCUT2D eigenvalue weighted by Crippen LogP contribution is 2.20. The molecule has 0 aromatic carbocycles. The van der Waals surface area contributed by atoms with E-state index in [1.807, 2.05) is 13.0 Å². The Morgan fingerprint density at radius 3 is 2.90 bits per heavy atom. The quantitative estimate of drug-likeness (QED) is 0.833. The van der Waals surface area contributed by atoms with Crippen LogP contribution < -0.4 is 0 Å². The molecule has 0 radical (unpaired) electrons. The molecule has 21 heavy (non-hydrogen) atoms. The van der Waals surface area contributed by atoms with Gasteiger partial charge in [-0.3, -0.25) is 19.7 Å². The molecule has 1 aliphatic rings. The van der Waals surface area contributed by atoms with Gasteiger partial charge in [0.2, 0.25) is 0 Å². The predicted molar refractivity (Wildman–Crippen MR) is 75.6 cm³/mol. The van der Waals surface area contributed by atoms with Crippen molar-refractivity contribution >= 4 is 5.91 Å². The fourth-order valence-corrected chi connectivity index (χ4v) is 2.27. The van der Waals surface area contributed by atoms with Gasteiger partial charge in [-0.05, 0) is 19.1 Å². The zero-order valence-corrected chi connectivity index (χ0v) is 11.8. The molecule has 1 aliphatic heterocycles. The second-order valence-corrected chi connectivity index (χ2v) is 4.93. The number of carbonyl (C=O) groups excluding carboxylic acids is 1. The number of rotatable bonds is 2. The third-order valence-electron chi connectivity index (χ3n) is 3.43. The van der Waals surface area contributed by atoms with Crippen molar-refractivity contribution in [3.05, 3.63) is 53.9 Å². The number of aryl methyl sites for hydroxylation is 1. The largest absolute Gasteiger partial charge is 0.368 e. The van der Waals surface area contributed by atoms with Crippen LogP contribution in [0.2, 0.25) is 0 Å². The number of ether oxygens (including phenoxy) is 1. The minimum absolute atomic E-state index is 0.0281. The molecule has 2 aromatic rings. The molecule has 0 N–H and O–H groups in total. The van der Waals surface area contributed by atoms with Crippen molar-refractivity contribution in [3.63, 3.8) is 0 Å². The lowest BCUT2D eigenvalue weighted by Crippen LogP contribution is -2.42. The second kappa shape index (κ2) is 5.97. The minimum Gasteiger partial charge on any atom is -0.368 e. The molecule has 0 aliphatic carbocycles. The van der Waals surface area contributed by atoms with Crippen LogP contribution in [0.4, 0.5) is 0 Å². The molecule has 0 bridgehead atoms. The maximum Gasteiger partial charge on any atom is 0.255 e. The number of hydrogen-bond acceptors (Lipinski definition) is 5. The standard InChI is InChI=1S/C15H16N4O2/c1-11-2-3-12(8-18-11)15(20)19-6-7-21-14(10-19)13-9-16-4-5-17-13/h2-5,8-9,14H,6-7,10H2,1H3/t14-/m1/s1. The van der Waals surface area contributed by atoms with Gasteiger partial charge in [-0.25, -0.2) is 0 Å². The molecule has 0 saturated carbocycles. The van der Waals surface area contributed by atoms with Crippen LogP contribution in [0.3, 0.4) is 0 Å². The van der Waals surface area contributed by atoms with E-state index < -0.39 is 0 Å². The Morgan fingerprint density at radius 1 is 1.29 bits per heavy atom. The van der Waals surface area contributed by atoms with Crippen molar-refractivity contribution in [2.45, 2.75) is 13.0 Å². The molecule has 1 saturated heterocycles. The van der Waals surface area contributed by atoms with E-state index in [0.717, 1.165) is 11.4 Å². The van der Waals surface area contributed by atoms with Crippen molar-refractivity contribution < 1.29 is 9.53 Å². The number of pyridine rings is 1.